The van der Waals surface area contributed by atoms with Crippen LogP contribution in [0.25, 0.3) is 11.1 Å². The molecule has 0 saturated heterocycles. The fraction of sp³-hybridized carbons (Fsp3) is 0.586. The molecule has 4 heteroatoms. The largest absolute Gasteiger partial charge is 0.493 e. The predicted molar refractivity (Wildman–Crippen MR) is 134 cm³/mol. The zero-order chi connectivity index (χ0) is 23.9. The fourth-order valence-corrected chi connectivity index (χ4v) is 3.85. The number of hydrogen-bond acceptors (Lipinski definition) is 2. The van der Waals surface area contributed by atoms with E-state index in [9.17, 15) is 8.78 Å². The molecule has 33 heavy (non-hydrogen) atoms. The highest BCUT2D eigenvalue weighted by Gasteiger charge is 2.11. The van der Waals surface area contributed by atoms with E-state index in [4.69, 9.17) is 9.47 Å². The first-order valence-electron chi connectivity index (χ1n) is 12.9. The Kier molecular flexibility index (Phi) is 12.9. The fourth-order valence-electron chi connectivity index (χ4n) is 3.85. The van der Waals surface area contributed by atoms with E-state index in [2.05, 4.69) is 20.8 Å². The van der Waals surface area contributed by atoms with Gasteiger partial charge in [-0.15, -0.1) is 0 Å². The lowest BCUT2D eigenvalue weighted by atomic mass is 10.0. The van der Waals surface area contributed by atoms with E-state index in [0.717, 1.165) is 32.1 Å². The van der Waals surface area contributed by atoms with Crippen LogP contribution in [0.4, 0.5) is 8.78 Å². The van der Waals surface area contributed by atoms with Gasteiger partial charge in [0.2, 0.25) is 0 Å². The second-order valence-corrected chi connectivity index (χ2v) is 9.11. The summed E-state index contributed by atoms with van der Waals surface area (Å²) in [7, 11) is 0. The number of halogens is 2. The molecule has 2 rings (SSSR count). The number of benzene rings is 2. The minimum Gasteiger partial charge on any atom is -0.493 e. The Labute approximate surface area is 199 Å². The molecular weight excluding hydrogens is 418 g/mol. The average molecular weight is 461 g/mol. The van der Waals surface area contributed by atoms with Gasteiger partial charge in [0.1, 0.15) is 11.6 Å². The molecule has 0 fully saturated rings. The maximum absolute atomic E-state index is 14.7. The van der Waals surface area contributed by atoms with Crippen LogP contribution in [0, 0.1) is 17.6 Å². The van der Waals surface area contributed by atoms with Crippen molar-refractivity contribution < 1.29 is 18.3 Å². The van der Waals surface area contributed by atoms with Crippen molar-refractivity contribution in [3.63, 3.8) is 0 Å². The molecule has 0 saturated carbocycles. The topological polar surface area (TPSA) is 18.5 Å². The third-order valence-corrected chi connectivity index (χ3v) is 6.25. The van der Waals surface area contributed by atoms with Gasteiger partial charge in [0.05, 0.1) is 13.2 Å². The molecule has 0 radical (unpaired) electrons. The van der Waals surface area contributed by atoms with E-state index in [1.165, 1.54) is 50.7 Å². The van der Waals surface area contributed by atoms with Crippen LogP contribution in [-0.2, 0) is 0 Å². The van der Waals surface area contributed by atoms with Crippen molar-refractivity contribution in [2.24, 2.45) is 5.92 Å². The van der Waals surface area contributed by atoms with Crippen LogP contribution in [0.15, 0.2) is 36.4 Å². The van der Waals surface area contributed by atoms with Gasteiger partial charge >= 0.3 is 0 Å². The van der Waals surface area contributed by atoms with Gasteiger partial charge < -0.3 is 9.47 Å². The summed E-state index contributed by atoms with van der Waals surface area (Å²) in [5.41, 5.74) is 0.850. The predicted octanol–water partition coefficient (Wildman–Crippen LogP) is 9.36. The van der Waals surface area contributed by atoms with Crippen molar-refractivity contribution in [2.75, 3.05) is 13.2 Å². The standard InChI is InChI=1S/C29H42F2O2/c1-4-6-7-8-9-10-11-12-19-32-25-16-17-26(27(30)22-25)24-15-18-29(28(31)21-24)33-20-13-14-23(3)5-2/h15-18,21-23H,4-14,19-20H2,1-3H3/t23-/m0/s1. The van der Waals surface area contributed by atoms with Crippen molar-refractivity contribution in [1.82, 2.24) is 0 Å². The second kappa shape index (κ2) is 15.7. The Morgan fingerprint density at radius 2 is 1.42 bits per heavy atom. The number of ether oxygens (including phenoxy) is 2. The average Bonchev–Trinajstić information content (AvgIpc) is 2.81. The summed E-state index contributed by atoms with van der Waals surface area (Å²) < 4.78 is 40.4. The van der Waals surface area contributed by atoms with Crippen LogP contribution in [0.1, 0.15) is 91.4 Å². The molecule has 2 aromatic carbocycles. The molecule has 0 aliphatic rings. The summed E-state index contributed by atoms with van der Waals surface area (Å²) in [6, 6.07) is 9.41. The SMILES string of the molecule is CCCCCCCCCCOc1ccc(-c2ccc(OCCC[C@@H](C)CC)c(F)c2)c(F)c1. The first-order chi connectivity index (χ1) is 16.0. The normalized spacial score (nSPS) is 12.0. The Balaban J connectivity index is 1.78. The summed E-state index contributed by atoms with van der Waals surface area (Å²) in [4.78, 5) is 0. The number of unbranched alkanes of at least 4 members (excludes halogenated alkanes) is 7. The molecule has 0 aromatic heterocycles. The smallest absolute Gasteiger partial charge is 0.165 e. The van der Waals surface area contributed by atoms with Gasteiger partial charge in [-0.25, -0.2) is 8.78 Å². The molecule has 184 valence electrons. The van der Waals surface area contributed by atoms with Crippen molar-refractivity contribution in [1.29, 1.82) is 0 Å². The Morgan fingerprint density at radius 3 is 2.09 bits per heavy atom. The molecule has 0 aliphatic carbocycles. The second-order valence-electron chi connectivity index (χ2n) is 9.11. The van der Waals surface area contributed by atoms with E-state index >= 15 is 0 Å². The summed E-state index contributed by atoms with van der Waals surface area (Å²) >= 11 is 0. The van der Waals surface area contributed by atoms with Gasteiger partial charge in [0.25, 0.3) is 0 Å². The lowest BCUT2D eigenvalue weighted by Gasteiger charge is -2.12. The highest BCUT2D eigenvalue weighted by molar-refractivity contribution is 5.66. The Morgan fingerprint density at radius 1 is 0.727 bits per heavy atom. The number of hydrogen-bond donors (Lipinski definition) is 0. The van der Waals surface area contributed by atoms with Gasteiger partial charge in [-0.2, -0.15) is 0 Å². The van der Waals surface area contributed by atoms with Crippen LogP contribution < -0.4 is 9.47 Å². The van der Waals surface area contributed by atoms with Crippen molar-refractivity contribution in [2.45, 2.75) is 91.4 Å². The monoisotopic (exact) mass is 460 g/mol. The minimum absolute atomic E-state index is 0.216. The van der Waals surface area contributed by atoms with Gasteiger partial charge in [-0.3, -0.25) is 0 Å². The summed E-state index contributed by atoms with van der Waals surface area (Å²) in [5.74, 6) is 0.501. The number of rotatable bonds is 17. The van der Waals surface area contributed by atoms with E-state index in [1.54, 1.807) is 24.3 Å². The molecule has 0 unspecified atom stereocenters. The van der Waals surface area contributed by atoms with Crippen LogP contribution in [0.2, 0.25) is 0 Å². The highest BCUT2D eigenvalue weighted by Crippen LogP contribution is 2.30. The Hall–Kier alpha value is -2.10. The van der Waals surface area contributed by atoms with Crippen LogP contribution >= 0.6 is 0 Å². The lowest BCUT2D eigenvalue weighted by Crippen LogP contribution is -2.02. The summed E-state index contributed by atoms with van der Waals surface area (Å²) in [5, 5.41) is 0. The molecule has 0 heterocycles. The van der Waals surface area contributed by atoms with Gasteiger partial charge in [0.15, 0.2) is 11.6 Å². The van der Waals surface area contributed by atoms with Crippen molar-refractivity contribution >= 4 is 0 Å². The van der Waals surface area contributed by atoms with E-state index < -0.39 is 11.6 Å². The van der Waals surface area contributed by atoms with Crippen molar-refractivity contribution in [3.05, 3.63) is 48.0 Å². The summed E-state index contributed by atoms with van der Waals surface area (Å²) in [6.07, 6.45) is 13.0. The zero-order valence-corrected chi connectivity index (χ0v) is 20.8. The molecule has 0 spiro atoms. The van der Waals surface area contributed by atoms with Gasteiger partial charge in [-0.05, 0) is 55.0 Å². The molecular formula is C29H42F2O2. The third kappa shape index (κ3) is 10.1. The third-order valence-electron chi connectivity index (χ3n) is 6.25. The van der Waals surface area contributed by atoms with Crippen LogP contribution in [0.5, 0.6) is 11.5 Å². The van der Waals surface area contributed by atoms with Crippen LogP contribution in [-0.4, -0.2) is 13.2 Å². The molecule has 0 N–H and O–H groups in total. The molecule has 0 bridgehead atoms. The van der Waals surface area contributed by atoms with E-state index in [0.29, 0.717) is 36.0 Å². The van der Waals surface area contributed by atoms with Gasteiger partial charge in [0, 0.05) is 11.6 Å². The van der Waals surface area contributed by atoms with E-state index in [-0.39, 0.29) is 5.75 Å². The molecule has 2 aromatic rings. The first kappa shape index (κ1) is 27.1. The molecule has 0 aliphatic heterocycles. The first-order valence-corrected chi connectivity index (χ1v) is 12.9. The molecule has 0 amide bonds. The minimum atomic E-state index is -0.467. The zero-order valence-electron chi connectivity index (χ0n) is 20.8. The van der Waals surface area contributed by atoms with Gasteiger partial charge in [-0.1, -0.05) is 78.2 Å². The lowest BCUT2D eigenvalue weighted by molar-refractivity contribution is 0.281. The maximum Gasteiger partial charge on any atom is 0.165 e. The quantitative estimate of drug-likeness (QED) is 0.219. The van der Waals surface area contributed by atoms with Crippen LogP contribution in [0.3, 0.4) is 0 Å². The maximum atomic E-state index is 14.7. The molecule has 2 nitrogen and oxygen atoms in total. The summed E-state index contributed by atoms with van der Waals surface area (Å²) in [6.45, 7) is 7.67. The molecule has 1 atom stereocenters. The van der Waals surface area contributed by atoms with Crippen molar-refractivity contribution in [3.8, 4) is 22.6 Å². The highest BCUT2D eigenvalue weighted by atomic mass is 19.1. The Bertz CT molecular complexity index is 806. The van der Waals surface area contributed by atoms with E-state index in [1.807, 2.05) is 0 Å².